The largest absolute Gasteiger partial charge is 0.504 e. The summed E-state index contributed by atoms with van der Waals surface area (Å²) in [5, 5.41) is 17.9. The number of ether oxygens (including phenoxy) is 1. The molecule has 2 heterocycles. The molecule has 0 bridgehead atoms. The van der Waals surface area contributed by atoms with Crippen LogP contribution in [0, 0.1) is 13.8 Å². The Bertz CT molecular complexity index is 979. The SMILES string of the molecule is COc1cccc(/C=N/NC(=O)c2nc3nc(C)cc(C)n3n2)c1O. The fraction of sp³-hybridized carbons (Fsp3) is 0.188. The number of hydrazone groups is 1. The van der Waals surface area contributed by atoms with Gasteiger partial charge >= 0.3 is 5.91 Å². The lowest BCUT2D eigenvalue weighted by molar-refractivity contribution is 0.0945. The number of phenolic OH excluding ortho intramolecular Hbond substituents is 1. The number of carbonyl (C=O) groups excluding carboxylic acids is 1. The first kappa shape index (κ1) is 16.4. The summed E-state index contributed by atoms with van der Waals surface area (Å²) < 4.78 is 6.49. The lowest BCUT2D eigenvalue weighted by atomic mass is 10.2. The molecule has 9 heteroatoms. The quantitative estimate of drug-likeness (QED) is 0.545. The summed E-state index contributed by atoms with van der Waals surface area (Å²) in [6.07, 6.45) is 1.30. The van der Waals surface area contributed by atoms with Crippen molar-refractivity contribution in [3.05, 3.63) is 47.0 Å². The summed E-state index contributed by atoms with van der Waals surface area (Å²) in [7, 11) is 1.45. The van der Waals surface area contributed by atoms with Crippen LogP contribution >= 0.6 is 0 Å². The minimum Gasteiger partial charge on any atom is -0.504 e. The Morgan fingerprint density at radius 2 is 2.16 bits per heavy atom. The van der Waals surface area contributed by atoms with Crippen LogP contribution in [0.2, 0.25) is 0 Å². The predicted molar refractivity (Wildman–Crippen MR) is 90.0 cm³/mol. The van der Waals surface area contributed by atoms with Gasteiger partial charge in [-0.3, -0.25) is 4.79 Å². The molecule has 1 amide bonds. The third-order valence-corrected chi connectivity index (χ3v) is 3.44. The van der Waals surface area contributed by atoms with Crippen molar-refractivity contribution < 1.29 is 14.6 Å². The zero-order chi connectivity index (χ0) is 18.0. The van der Waals surface area contributed by atoms with Gasteiger partial charge in [-0.1, -0.05) is 6.07 Å². The molecule has 3 aromatic rings. The van der Waals surface area contributed by atoms with Gasteiger partial charge in [0.2, 0.25) is 5.82 Å². The number of para-hydroxylation sites is 1. The van der Waals surface area contributed by atoms with Crippen LogP contribution in [0.5, 0.6) is 11.5 Å². The van der Waals surface area contributed by atoms with Crippen molar-refractivity contribution in [2.45, 2.75) is 13.8 Å². The van der Waals surface area contributed by atoms with Crippen molar-refractivity contribution in [2.75, 3.05) is 7.11 Å². The molecule has 25 heavy (non-hydrogen) atoms. The number of aromatic nitrogens is 4. The molecule has 0 atom stereocenters. The summed E-state index contributed by atoms with van der Waals surface area (Å²) in [4.78, 5) is 20.4. The molecule has 2 aromatic heterocycles. The van der Waals surface area contributed by atoms with E-state index >= 15 is 0 Å². The molecule has 0 saturated carbocycles. The van der Waals surface area contributed by atoms with Gasteiger partial charge in [0.25, 0.3) is 5.78 Å². The first-order valence-electron chi connectivity index (χ1n) is 7.40. The highest BCUT2D eigenvalue weighted by Gasteiger charge is 2.14. The summed E-state index contributed by atoms with van der Waals surface area (Å²) >= 11 is 0. The predicted octanol–water partition coefficient (Wildman–Crippen LogP) is 1.22. The number of rotatable bonds is 4. The molecule has 0 unspecified atom stereocenters. The summed E-state index contributed by atoms with van der Waals surface area (Å²) in [6, 6.07) is 6.78. The highest BCUT2D eigenvalue weighted by atomic mass is 16.5. The molecule has 0 spiro atoms. The number of amides is 1. The molecule has 2 N–H and O–H groups in total. The van der Waals surface area contributed by atoms with Crippen LogP contribution in [0.3, 0.4) is 0 Å². The Kier molecular flexibility index (Phi) is 4.29. The Morgan fingerprint density at radius 3 is 2.92 bits per heavy atom. The second-order valence-corrected chi connectivity index (χ2v) is 5.28. The topological polar surface area (TPSA) is 114 Å². The summed E-state index contributed by atoms with van der Waals surface area (Å²) in [6.45, 7) is 3.69. The van der Waals surface area contributed by atoms with E-state index in [1.54, 1.807) is 18.2 Å². The molecular weight excluding hydrogens is 324 g/mol. The van der Waals surface area contributed by atoms with Crippen LogP contribution in [0.1, 0.15) is 27.6 Å². The maximum Gasteiger partial charge on any atom is 0.311 e. The van der Waals surface area contributed by atoms with E-state index in [1.807, 2.05) is 19.9 Å². The van der Waals surface area contributed by atoms with Gasteiger partial charge in [-0.15, -0.1) is 5.10 Å². The van der Waals surface area contributed by atoms with E-state index < -0.39 is 5.91 Å². The van der Waals surface area contributed by atoms with E-state index in [0.29, 0.717) is 17.1 Å². The van der Waals surface area contributed by atoms with Crippen molar-refractivity contribution >= 4 is 17.9 Å². The number of aromatic hydroxyl groups is 1. The van der Waals surface area contributed by atoms with Gasteiger partial charge in [-0.25, -0.2) is 14.9 Å². The first-order valence-corrected chi connectivity index (χ1v) is 7.40. The summed E-state index contributed by atoms with van der Waals surface area (Å²) in [5.41, 5.74) is 4.32. The van der Waals surface area contributed by atoms with Crippen LogP contribution in [-0.2, 0) is 0 Å². The number of fused-ring (bicyclic) bond motifs is 1. The minimum atomic E-state index is -0.582. The molecule has 0 aliphatic rings. The molecule has 0 radical (unpaired) electrons. The van der Waals surface area contributed by atoms with Gasteiger partial charge < -0.3 is 9.84 Å². The fourth-order valence-electron chi connectivity index (χ4n) is 2.28. The van der Waals surface area contributed by atoms with Gasteiger partial charge in [0.1, 0.15) is 0 Å². The second kappa shape index (κ2) is 6.56. The lowest BCUT2D eigenvalue weighted by Crippen LogP contribution is -2.19. The zero-order valence-corrected chi connectivity index (χ0v) is 13.9. The molecule has 1 aromatic carbocycles. The number of aryl methyl sites for hydroxylation is 2. The smallest absolute Gasteiger partial charge is 0.311 e. The second-order valence-electron chi connectivity index (χ2n) is 5.28. The van der Waals surface area contributed by atoms with Crippen LogP contribution in [0.25, 0.3) is 5.78 Å². The Hall–Kier alpha value is -3.49. The monoisotopic (exact) mass is 340 g/mol. The first-order chi connectivity index (χ1) is 12.0. The molecule has 128 valence electrons. The number of hydrogen-bond acceptors (Lipinski definition) is 7. The number of hydrogen-bond donors (Lipinski definition) is 2. The Labute approximate surface area is 143 Å². The molecule has 0 aliphatic heterocycles. The van der Waals surface area contributed by atoms with Gasteiger partial charge in [0.05, 0.1) is 13.3 Å². The van der Waals surface area contributed by atoms with E-state index in [9.17, 15) is 9.90 Å². The maximum atomic E-state index is 12.1. The number of nitrogens with zero attached hydrogens (tertiary/aromatic N) is 5. The highest BCUT2D eigenvalue weighted by molar-refractivity contribution is 5.92. The number of carbonyl (C=O) groups is 1. The number of phenols is 1. The van der Waals surface area contributed by atoms with Crippen LogP contribution < -0.4 is 10.2 Å². The van der Waals surface area contributed by atoms with E-state index in [-0.39, 0.29) is 11.6 Å². The molecule has 9 nitrogen and oxygen atoms in total. The van der Waals surface area contributed by atoms with Gasteiger partial charge in [-0.05, 0) is 32.0 Å². The van der Waals surface area contributed by atoms with E-state index in [1.165, 1.54) is 17.8 Å². The minimum absolute atomic E-state index is 0.0479. The van der Waals surface area contributed by atoms with Crippen molar-refractivity contribution in [1.29, 1.82) is 0 Å². The van der Waals surface area contributed by atoms with Gasteiger partial charge in [0, 0.05) is 17.0 Å². The average molecular weight is 340 g/mol. The lowest BCUT2D eigenvalue weighted by Gasteiger charge is -2.04. The molecular formula is C16H16N6O3. The standard InChI is InChI=1S/C16H16N6O3/c1-9-7-10(2)22-16(18-9)19-14(21-22)15(24)20-17-8-11-5-4-6-12(25-3)13(11)23/h4-8,23H,1-3H3,(H,20,24)/b17-8+. The van der Waals surface area contributed by atoms with E-state index in [0.717, 1.165) is 11.4 Å². The Balaban J connectivity index is 1.78. The van der Waals surface area contributed by atoms with Crippen LogP contribution in [-0.4, -0.2) is 43.9 Å². The fourth-order valence-corrected chi connectivity index (χ4v) is 2.28. The molecule has 0 aliphatic carbocycles. The third kappa shape index (κ3) is 3.25. The molecule has 0 fully saturated rings. The maximum absolute atomic E-state index is 12.1. The highest BCUT2D eigenvalue weighted by Crippen LogP contribution is 2.27. The van der Waals surface area contributed by atoms with Gasteiger partial charge in [0.15, 0.2) is 11.5 Å². The number of nitrogens with one attached hydrogen (secondary N) is 1. The molecule has 3 rings (SSSR count). The normalized spacial score (nSPS) is 11.2. The van der Waals surface area contributed by atoms with Crippen molar-refractivity contribution in [2.24, 2.45) is 5.10 Å². The average Bonchev–Trinajstić information content (AvgIpc) is 3.00. The Morgan fingerprint density at radius 1 is 1.36 bits per heavy atom. The van der Waals surface area contributed by atoms with Gasteiger partial charge in [-0.2, -0.15) is 10.1 Å². The van der Waals surface area contributed by atoms with Crippen molar-refractivity contribution in [3.63, 3.8) is 0 Å². The third-order valence-electron chi connectivity index (χ3n) is 3.44. The van der Waals surface area contributed by atoms with Crippen molar-refractivity contribution in [1.82, 2.24) is 25.0 Å². The summed E-state index contributed by atoms with van der Waals surface area (Å²) in [5.74, 6) is -0.0372. The van der Waals surface area contributed by atoms with E-state index in [2.05, 4.69) is 25.6 Å². The van der Waals surface area contributed by atoms with Crippen LogP contribution in [0.4, 0.5) is 0 Å². The zero-order valence-electron chi connectivity index (χ0n) is 13.9. The van der Waals surface area contributed by atoms with Crippen LogP contribution in [0.15, 0.2) is 29.4 Å². The number of benzene rings is 1. The molecule has 0 saturated heterocycles. The van der Waals surface area contributed by atoms with E-state index in [4.69, 9.17) is 4.74 Å². The number of methoxy groups -OCH3 is 1. The van der Waals surface area contributed by atoms with Crippen molar-refractivity contribution in [3.8, 4) is 11.5 Å².